The summed E-state index contributed by atoms with van der Waals surface area (Å²) in [5, 5.41) is 3.48. The Bertz CT molecular complexity index is 1250. The van der Waals surface area contributed by atoms with Crippen molar-refractivity contribution in [1.29, 1.82) is 0 Å². The van der Waals surface area contributed by atoms with Gasteiger partial charge in [0.05, 0.1) is 18.7 Å². The van der Waals surface area contributed by atoms with E-state index in [0.29, 0.717) is 9.87 Å². The summed E-state index contributed by atoms with van der Waals surface area (Å²) in [4.78, 5) is 23.7. The summed E-state index contributed by atoms with van der Waals surface area (Å²) in [6.07, 6.45) is -6.50. The average Bonchev–Trinajstić information content (AvgIpc) is 3.12. The van der Waals surface area contributed by atoms with Gasteiger partial charge < -0.3 is 9.47 Å². The summed E-state index contributed by atoms with van der Waals surface area (Å²) in [7, 11) is -4.58. The molecule has 0 bridgehead atoms. The van der Waals surface area contributed by atoms with E-state index in [-0.39, 0.29) is 29.6 Å². The number of rotatable bonds is 6. The number of aryl methyl sites for hydroxylation is 1. The highest BCUT2D eigenvalue weighted by molar-refractivity contribution is 7.93. The average molecular weight is 538 g/mol. The first kappa shape index (κ1) is 26.8. The Balaban J connectivity index is 2.08. The molecule has 1 aliphatic rings. The number of alkyl halides is 3. The van der Waals surface area contributed by atoms with Crippen LogP contribution in [0, 0.1) is 0 Å². The van der Waals surface area contributed by atoms with Crippen LogP contribution in [-0.2, 0) is 37.3 Å². The smallest absolute Gasteiger partial charge is 0.454 e. The summed E-state index contributed by atoms with van der Waals surface area (Å²) in [6, 6.07) is 3.85. The van der Waals surface area contributed by atoms with Crippen LogP contribution in [0.2, 0.25) is 5.15 Å². The number of nitrogens with zero attached hydrogens (tertiary/aromatic N) is 3. The molecule has 1 atom stereocenters. The third kappa shape index (κ3) is 5.89. The molecule has 0 N–H and O–H groups in total. The van der Waals surface area contributed by atoms with Crippen LogP contribution in [0.4, 0.5) is 18.9 Å². The minimum atomic E-state index is -5.25. The zero-order valence-electron chi connectivity index (χ0n) is 19.2. The summed E-state index contributed by atoms with van der Waals surface area (Å²) >= 11 is 6.01. The van der Waals surface area contributed by atoms with E-state index in [2.05, 4.69) is 5.10 Å². The Morgan fingerprint density at radius 1 is 1.26 bits per heavy atom. The number of esters is 1. The van der Waals surface area contributed by atoms with E-state index in [4.69, 9.17) is 21.1 Å². The maximum Gasteiger partial charge on any atom is 0.454 e. The Kier molecular flexibility index (Phi) is 7.15. The van der Waals surface area contributed by atoms with Gasteiger partial charge in [-0.05, 0) is 45.4 Å². The number of ether oxygens (including phenoxy) is 2. The highest BCUT2D eigenvalue weighted by atomic mass is 35.5. The van der Waals surface area contributed by atoms with Crippen LogP contribution in [0.5, 0.6) is 5.75 Å². The predicted octanol–water partition coefficient (Wildman–Crippen LogP) is 3.53. The SMILES string of the molecule is CCn1cc(S(=O)(=O)N2CC(C(=O)C(F)(F)F)Oc3ccc(CC(=O)OC(C)(C)C)cc32)c(Cl)n1. The fourth-order valence-electron chi connectivity index (χ4n) is 3.33. The minimum Gasteiger partial charge on any atom is -0.478 e. The zero-order chi connectivity index (χ0) is 26.3. The van der Waals surface area contributed by atoms with E-state index in [1.165, 1.54) is 22.9 Å². The van der Waals surface area contributed by atoms with Gasteiger partial charge in [-0.1, -0.05) is 17.7 Å². The maximum absolute atomic E-state index is 13.5. The van der Waals surface area contributed by atoms with E-state index < -0.39 is 51.1 Å². The van der Waals surface area contributed by atoms with Crippen LogP contribution in [0.3, 0.4) is 0 Å². The quantitative estimate of drug-likeness (QED) is 0.519. The standard InChI is InChI=1S/C21H23ClF3N3O6S/c1-5-27-11-16(19(22)26-27)35(31,32)28-10-15(18(30)21(23,24)25)33-14-7-6-12(8-13(14)28)9-17(29)34-20(2,3)4/h6-8,11,15H,5,9-10H2,1-4H3. The van der Waals surface area contributed by atoms with Gasteiger partial charge in [0, 0.05) is 12.7 Å². The van der Waals surface area contributed by atoms with Gasteiger partial charge in [0.1, 0.15) is 16.2 Å². The molecule has 0 fully saturated rings. The predicted molar refractivity (Wildman–Crippen MR) is 119 cm³/mol. The number of aromatic nitrogens is 2. The lowest BCUT2D eigenvalue weighted by Gasteiger charge is -2.35. The van der Waals surface area contributed by atoms with Crippen molar-refractivity contribution in [3.63, 3.8) is 0 Å². The fraction of sp³-hybridized carbons (Fsp3) is 0.476. The van der Waals surface area contributed by atoms with Crippen molar-refractivity contribution in [3.05, 3.63) is 35.1 Å². The van der Waals surface area contributed by atoms with Crippen molar-refractivity contribution >= 4 is 39.1 Å². The van der Waals surface area contributed by atoms with Crippen molar-refractivity contribution in [2.75, 3.05) is 10.8 Å². The molecular weight excluding hydrogens is 515 g/mol. The van der Waals surface area contributed by atoms with Crippen molar-refractivity contribution in [3.8, 4) is 5.75 Å². The first-order valence-corrected chi connectivity index (χ1v) is 12.2. The Labute approximate surface area is 204 Å². The van der Waals surface area contributed by atoms with Crippen LogP contribution in [-0.4, -0.2) is 54.4 Å². The third-order valence-electron chi connectivity index (χ3n) is 4.81. The lowest BCUT2D eigenvalue weighted by molar-refractivity contribution is -0.178. The van der Waals surface area contributed by atoms with Crippen molar-refractivity contribution in [1.82, 2.24) is 9.78 Å². The number of ketones is 1. The molecule has 1 aromatic heterocycles. The minimum absolute atomic E-state index is 0.155. The normalized spacial score (nSPS) is 16.5. The van der Waals surface area contributed by atoms with E-state index >= 15 is 0 Å². The summed E-state index contributed by atoms with van der Waals surface area (Å²) in [6.45, 7) is 6.04. The van der Waals surface area contributed by atoms with Crippen LogP contribution < -0.4 is 9.04 Å². The maximum atomic E-state index is 13.5. The van der Waals surface area contributed by atoms with Crippen molar-refractivity contribution in [2.45, 2.75) is 63.4 Å². The lowest BCUT2D eigenvalue weighted by atomic mass is 10.1. The van der Waals surface area contributed by atoms with Gasteiger partial charge in [-0.15, -0.1) is 0 Å². The molecular formula is C21H23ClF3N3O6S. The molecule has 0 spiro atoms. The number of Topliss-reactive ketones (excluding diaryl/α,β-unsaturated/α-hetero) is 1. The topological polar surface area (TPSA) is 108 Å². The van der Waals surface area contributed by atoms with Gasteiger partial charge in [-0.25, -0.2) is 8.42 Å². The number of carbonyl (C=O) groups is 2. The van der Waals surface area contributed by atoms with Crippen LogP contribution in [0.15, 0.2) is 29.3 Å². The van der Waals surface area contributed by atoms with Gasteiger partial charge >= 0.3 is 12.1 Å². The second kappa shape index (κ2) is 9.34. The molecule has 2 aromatic rings. The molecule has 35 heavy (non-hydrogen) atoms. The molecule has 2 heterocycles. The lowest BCUT2D eigenvalue weighted by Crippen LogP contribution is -2.50. The van der Waals surface area contributed by atoms with E-state index in [0.717, 1.165) is 6.20 Å². The molecule has 14 heteroatoms. The molecule has 0 radical (unpaired) electrons. The van der Waals surface area contributed by atoms with E-state index in [1.54, 1.807) is 27.7 Å². The Hall–Kier alpha value is -2.80. The third-order valence-corrected chi connectivity index (χ3v) is 6.98. The number of sulfonamides is 1. The molecule has 3 rings (SSSR count). The Morgan fingerprint density at radius 2 is 1.91 bits per heavy atom. The molecule has 0 saturated carbocycles. The number of hydrogen-bond donors (Lipinski definition) is 0. The van der Waals surface area contributed by atoms with Gasteiger partial charge in [-0.3, -0.25) is 18.6 Å². The molecule has 1 unspecified atom stereocenters. The summed E-state index contributed by atoms with van der Waals surface area (Å²) < 4.78 is 78.7. The van der Waals surface area contributed by atoms with Crippen LogP contribution in [0.25, 0.3) is 0 Å². The van der Waals surface area contributed by atoms with Gasteiger partial charge in [0.25, 0.3) is 15.8 Å². The van der Waals surface area contributed by atoms with Crippen molar-refractivity contribution in [2.24, 2.45) is 0 Å². The van der Waals surface area contributed by atoms with Gasteiger partial charge in [-0.2, -0.15) is 18.3 Å². The van der Waals surface area contributed by atoms with Gasteiger partial charge in [0.2, 0.25) is 0 Å². The highest BCUT2D eigenvalue weighted by Crippen LogP contribution is 2.40. The number of fused-ring (bicyclic) bond motifs is 1. The number of anilines is 1. The van der Waals surface area contributed by atoms with Crippen LogP contribution in [0.1, 0.15) is 33.3 Å². The molecule has 0 saturated heterocycles. The monoisotopic (exact) mass is 537 g/mol. The first-order valence-electron chi connectivity index (χ1n) is 10.4. The number of halogens is 4. The highest BCUT2D eigenvalue weighted by Gasteiger charge is 2.49. The summed E-state index contributed by atoms with van der Waals surface area (Å²) in [5.74, 6) is -3.12. The molecule has 9 nitrogen and oxygen atoms in total. The second-order valence-electron chi connectivity index (χ2n) is 8.71. The number of hydrogen-bond acceptors (Lipinski definition) is 7. The molecule has 0 aliphatic carbocycles. The molecule has 1 aromatic carbocycles. The zero-order valence-corrected chi connectivity index (χ0v) is 20.8. The largest absolute Gasteiger partial charge is 0.478 e. The van der Waals surface area contributed by atoms with Crippen LogP contribution >= 0.6 is 11.6 Å². The van der Waals surface area contributed by atoms with Crippen molar-refractivity contribution < 1.29 is 40.7 Å². The van der Waals surface area contributed by atoms with Gasteiger partial charge in [0.15, 0.2) is 11.3 Å². The second-order valence-corrected chi connectivity index (χ2v) is 10.9. The first-order chi connectivity index (χ1) is 16.0. The van der Waals surface area contributed by atoms with E-state index in [9.17, 15) is 31.2 Å². The summed E-state index contributed by atoms with van der Waals surface area (Å²) in [5.41, 5.74) is -0.596. The van der Waals surface area contributed by atoms with E-state index in [1.807, 2.05) is 0 Å². The molecule has 1 aliphatic heterocycles. The molecule has 0 amide bonds. The molecule has 192 valence electrons. The Morgan fingerprint density at radius 3 is 2.46 bits per heavy atom. The number of benzene rings is 1. The number of carbonyl (C=O) groups excluding carboxylic acids is 2. The fourth-order valence-corrected chi connectivity index (χ4v) is 5.25.